The number of carbonyl (C=O) groups excluding carboxylic acids is 1. The lowest BCUT2D eigenvalue weighted by atomic mass is 10.1. The van der Waals surface area contributed by atoms with Gasteiger partial charge >= 0.3 is 0 Å². The first-order valence-electron chi connectivity index (χ1n) is 8.10. The van der Waals surface area contributed by atoms with Gasteiger partial charge in [-0.2, -0.15) is 5.10 Å². The van der Waals surface area contributed by atoms with Crippen LogP contribution in [0.15, 0.2) is 64.8 Å². The molecule has 128 valence electrons. The molecule has 1 aliphatic heterocycles. The van der Waals surface area contributed by atoms with E-state index in [-0.39, 0.29) is 11.2 Å². The highest BCUT2D eigenvalue weighted by molar-refractivity contribution is 8.15. The summed E-state index contributed by atoms with van der Waals surface area (Å²) in [7, 11) is 0. The first kappa shape index (κ1) is 17.2. The molecule has 25 heavy (non-hydrogen) atoms. The smallest absolute Gasteiger partial charge is 0.239 e. The molecule has 1 aliphatic rings. The van der Waals surface area contributed by atoms with Gasteiger partial charge in [-0.3, -0.25) is 4.79 Å². The summed E-state index contributed by atoms with van der Waals surface area (Å²) in [5, 5.41) is 11.3. The predicted molar refractivity (Wildman–Crippen MR) is 102 cm³/mol. The molecule has 0 spiro atoms. The molecule has 2 aromatic carbocycles. The van der Waals surface area contributed by atoms with Gasteiger partial charge in [-0.15, -0.1) is 5.10 Å². The molecule has 2 aromatic rings. The van der Waals surface area contributed by atoms with E-state index in [9.17, 15) is 4.79 Å². The van der Waals surface area contributed by atoms with Gasteiger partial charge in [0.2, 0.25) is 5.91 Å². The summed E-state index contributed by atoms with van der Waals surface area (Å²) >= 11 is 1.41. The van der Waals surface area contributed by atoms with E-state index in [4.69, 9.17) is 4.74 Å². The summed E-state index contributed by atoms with van der Waals surface area (Å²) < 4.78 is 5.55. The molecule has 1 saturated heterocycles. The molecule has 3 rings (SSSR count). The van der Waals surface area contributed by atoms with Crippen molar-refractivity contribution in [1.29, 1.82) is 0 Å². The first-order valence-corrected chi connectivity index (χ1v) is 8.98. The average Bonchev–Trinajstić information content (AvgIpc) is 2.97. The topological polar surface area (TPSA) is 63.1 Å². The van der Waals surface area contributed by atoms with Crippen LogP contribution < -0.4 is 10.1 Å². The number of ether oxygens (including phenoxy) is 1. The van der Waals surface area contributed by atoms with Gasteiger partial charge in [0.05, 0.1) is 18.1 Å². The number of nitrogens with one attached hydrogen (secondary N) is 1. The molecule has 1 unspecified atom stereocenters. The molecule has 0 saturated carbocycles. The van der Waals surface area contributed by atoms with Crippen molar-refractivity contribution in [2.75, 3.05) is 6.61 Å². The summed E-state index contributed by atoms with van der Waals surface area (Å²) in [6.07, 6.45) is 2.31. The fourth-order valence-corrected chi connectivity index (χ4v) is 3.40. The minimum atomic E-state index is -0.174. The van der Waals surface area contributed by atoms with Crippen LogP contribution >= 0.6 is 11.8 Å². The summed E-state index contributed by atoms with van der Waals surface area (Å²) in [5.74, 6) is 0.733. The summed E-state index contributed by atoms with van der Waals surface area (Å²) in [6, 6.07) is 17.6. The molecule has 1 heterocycles. The van der Waals surface area contributed by atoms with E-state index in [1.807, 2.05) is 61.5 Å². The second kappa shape index (κ2) is 8.48. The number of nitrogens with zero attached hydrogens (tertiary/aromatic N) is 2. The van der Waals surface area contributed by atoms with Crippen LogP contribution in [0.25, 0.3) is 0 Å². The van der Waals surface area contributed by atoms with E-state index in [1.165, 1.54) is 11.8 Å². The molecular formula is C19H19N3O2S. The lowest BCUT2D eigenvalue weighted by Gasteiger charge is -2.05. The minimum absolute atomic E-state index is 0.0301. The minimum Gasteiger partial charge on any atom is -0.493 e. The Labute approximate surface area is 151 Å². The summed E-state index contributed by atoms with van der Waals surface area (Å²) in [5.41, 5.74) is 1.98. The average molecular weight is 353 g/mol. The number of thioether (sulfide) groups is 1. The summed E-state index contributed by atoms with van der Waals surface area (Å²) in [4.78, 5) is 12.1. The van der Waals surface area contributed by atoms with Crippen LogP contribution in [0.3, 0.4) is 0 Å². The van der Waals surface area contributed by atoms with Gasteiger partial charge in [-0.25, -0.2) is 0 Å². The third-order valence-electron chi connectivity index (χ3n) is 3.60. The third kappa shape index (κ3) is 4.70. The lowest BCUT2D eigenvalue weighted by molar-refractivity contribution is -0.118. The van der Waals surface area contributed by atoms with Crippen molar-refractivity contribution in [2.24, 2.45) is 10.2 Å². The van der Waals surface area contributed by atoms with Crippen molar-refractivity contribution in [1.82, 2.24) is 5.32 Å². The zero-order chi connectivity index (χ0) is 17.5. The highest BCUT2D eigenvalue weighted by atomic mass is 32.2. The first-order chi connectivity index (χ1) is 12.3. The Kier molecular flexibility index (Phi) is 5.85. The second-order valence-electron chi connectivity index (χ2n) is 5.41. The van der Waals surface area contributed by atoms with E-state index in [0.717, 1.165) is 16.9 Å². The van der Waals surface area contributed by atoms with E-state index < -0.39 is 0 Å². The van der Waals surface area contributed by atoms with Gasteiger partial charge in [0.15, 0.2) is 5.17 Å². The van der Waals surface area contributed by atoms with E-state index in [1.54, 1.807) is 6.21 Å². The molecule has 0 aromatic heterocycles. The van der Waals surface area contributed by atoms with Crippen molar-refractivity contribution in [3.8, 4) is 5.75 Å². The number of amidine groups is 1. The Bertz CT molecular complexity index is 790. The second-order valence-corrected chi connectivity index (χ2v) is 6.60. The molecule has 1 amide bonds. The number of amides is 1. The molecule has 1 atom stereocenters. The maximum Gasteiger partial charge on any atom is 0.239 e. The Balaban J connectivity index is 1.64. The van der Waals surface area contributed by atoms with Gasteiger partial charge in [-0.1, -0.05) is 54.2 Å². The van der Waals surface area contributed by atoms with Crippen molar-refractivity contribution in [2.45, 2.75) is 18.6 Å². The number of carbonyl (C=O) groups is 1. The van der Waals surface area contributed by atoms with E-state index >= 15 is 0 Å². The largest absolute Gasteiger partial charge is 0.493 e. The summed E-state index contributed by atoms with van der Waals surface area (Å²) in [6.45, 7) is 2.53. The number of hydrogen-bond donors (Lipinski definition) is 1. The zero-order valence-corrected chi connectivity index (χ0v) is 14.7. The normalized spacial score (nSPS) is 18.7. The molecule has 5 nitrogen and oxygen atoms in total. The monoisotopic (exact) mass is 353 g/mol. The number of benzene rings is 2. The van der Waals surface area contributed by atoms with Crippen molar-refractivity contribution < 1.29 is 9.53 Å². The Morgan fingerprint density at radius 2 is 1.92 bits per heavy atom. The SMILES string of the molecule is CCOc1ccccc1/C=N/N=C1\NC(=O)C(Cc2ccccc2)S1. The van der Waals surface area contributed by atoms with E-state index in [2.05, 4.69) is 15.5 Å². The molecule has 1 fully saturated rings. The fourth-order valence-electron chi connectivity index (χ4n) is 2.43. The van der Waals surface area contributed by atoms with Gasteiger partial charge in [0.25, 0.3) is 0 Å². The fraction of sp³-hybridized carbons (Fsp3) is 0.211. The van der Waals surface area contributed by atoms with Gasteiger partial charge < -0.3 is 10.1 Å². The molecule has 1 N–H and O–H groups in total. The molecular weight excluding hydrogens is 334 g/mol. The Morgan fingerprint density at radius 3 is 2.72 bits per heavy atom. The third-order valence-corrected chi connectivity index (χ3v) is 4.68. The number of rotatable bonds is 6. The van der Waals surface area contributed by atoms with Crippen molar-refractivity contribution >= 4 is 29.1 Å². The van der Waals surface area contributed by atoms with Gasteiger partial charge in [-0.05, 0) is 31.0 Å². The molecule has 0 bridgehead atoms. The predicted octanol–water partition coefficient (Wildman–Crippen LogP) is 3.25. The van der Waals surface area contributed by atoms with Crippen LogP contribution in [0, 0.1) is 0 Å². The van der Waals surface area contributed by atoms with Gasteiger partial charge in [0.1, 0.15) is 5.75 Å². The Morgan fingerprint density at radius 1 is 1.16 bits per heavy atom. The van der Waals surface area contributed by atoms with Crippen LogP contribution in [-0.4, -0.2) is 29.1 Å². The number of hydrogen-bond acceptors (Lipinski definition) is 5. The lowest BCUT2D eigenvalue weighted by Crippen LogP contribution is -2.25. The van der Waals surface area contributed by atoms with Crippen molar-refractivity contribution in [3.05, 3.63) is 65.7 Å². The highest BCUT2D eigenvalue weighted by Gasteiger charge is 2.30. The maximum atomic E-state index is 12.1. The standard InChI is InChI=1S/C19H19N3O2S/c1-2-24-16-11-7-6-10-15(16)13-20-22-19-21-18(23)17(25-19)12-14-8-4-3-5-9-14/h3-11,13,17H,2,12H2,1H3,(H,21,22,23)/b20-13+. The Hall–Kier alpha value is -2.60. The molecule has 0 aliphatic carbocycles. The van der Waals surface area contributed by atoms with Crippen LogP contribution in [0.5, 0.6) is 5.75 Å². The van der Waals surface area contributed by atoms with Crippen LogP contribution in [0.2, 0.25) is 0 Å². The van der Waals surface area contributed by atoms with Crippen molar-refractivity contribution in [3.63, 3.8) is 0 Å². The van der Waals surface area contributed by atoms with Crippen LogP contribution in [-0.2, 0) is 11.2 Å². The maximum absolute atomic E-state index is 12.1. The number of para-hydroxylation sites is 1. The zero-order valence-electron chi connectivity index (χ0n) is 13.9. The molecule has 0 radical (unpaired) electrons. The van der Waals surface area contributed by atoms with Crippen LogP contribution in [0.4, 0.5) is 0 Å². The molecule has 6 heteroatoms. The van der Waals surface area contributed by atoms with Crippen LogP contribution in [0.1, 0.15) is 18.1 Å². The van der Waals surface area contributed by atoms with Gasteiger partial charge in [0, 0.05) is 5.56 Å². The quantitative estimate of drug-likeness (QED) is 0.640. The van der Waals surface area contributed by atoms with E-state index in [0.29, 0.717) is 18.2 Å². The highest BCUT2D eigenvalue weighted by Crippen LogP contribution is 2.23.